The Bertz CT molecular complexity index is 1560. The van der Waals surface area contributed by atoms with E-state index >= 15 is 0 Å². The summed E-state index contributed by atoms with van der Waals surface area (Å²) in [6.45, 7) is 1.12. The fourth-order valence-electron chi connectivity index (χ4n) is 4.67. The lowest BCUT2D eigenvalue weighted by molar-refractivity contribution is -0.158. The lowest BCUT2D eigenvalue weighted by Gasteiger charge is -2.53. The number of hydrogen-bond acceptors (Lipinski definition) is 11. The van der Waals surface area contributed by atoms with Crippen LogP contribution in [0.2, 0.25) is 0 Å². The minimum atomic E-state index is -1.21. The van der Waals surface area contributed by atoms with Crippen molar-refractivity contribution in [1.82, 2.24) is 20.2 Å². The lowest BCUT2D eigenvalue weighted by atomic mass is 9.80. The van der Waals surface area contributed by atoms with Crippen molar-refractivity contribution in [2.45, 2.75) is 24.8 Å². The number of anilines is 1. The number of carbonyl (C=O) groups excluding carboxylic acids is 2. The Hall–Kier alpha value is -4.24. The molecule has 0 bridgehead atoms. The van der Waals surface area contributed by atoms with Gasteiger partial charge in [-0.3, -0.25) is 24.2 Å². The number of nitrogens with one attached hydrogen (secondary N) is 1. The predicted octanol–water partition coefficient (Wildman–Crippen LogP) is 1.43. The van der Waals surface area contributed by atoms with Gasteiger partial charge in [0.1, 0.15) is 29.5 Å². The van der Waals surface area contributed by atoms with Gasteiger partial charge in [-0.15, -0.1) is 23.1 Å². The number of oxime groups is 1. The number of carbonyl (C=O) groups is 4. The molecule has 2 fully saturated rings. The number of fused-ring (bicyclic) bond motifs is 2. The summed E-state index contributed by atoms with van der Waals surface area (Å²) in [5.74, 6) is -3.81. The highest BCUT2D eigenvalue weighted by Gasteiger charge is 2.57. The van der Waals surface area contributed by atoms with Gasteiger partial charge in [0.2, 0.25) is 5.91 Å². The smallest absolute Gasteiger partial charge is 0.312 e. The van der Waals surface area contributed by atoms with Crippen molar-refractivity contribution >= 4 is 69.3 Å². The number of amides is 2. The Morgan fingerprint density at radius 3 is 2.83 bits per heavy atom. The molecule has 5 rings (SSSR count). The van der Waals surface area contributed by atoms with Crippen molar-refractivity contribution in [3.05, 3.63) is 52.5 Å². The molecular weight excluding hydrogens is 572 g/mol. The Balaban J connectivity index is 1.31. The summed E-state index contributed by atoms with van der Waals surface area (Å²) >= 11 is 2.78. The van der Waals surface area contributed by atoms with Crippen LogP contribution in [0.4, 0.5) is 5.82 Å². The van der Waals surface area contributed by atoms with Crippen molar-refractivity contribution < 1.29 is 34.2 Å². The number of nitrogens with zero attached hydrogens (tertiary/aromatic N) is 4. The molecule has 2 aliphatic rings. The third-order valence-electron chi connectivity index (χ3n) is 7.02. The van der Waals surface area contributed by atoms with Crippen LogP contribution in [0.5, 0.6) is 0 Å². The minimum absolute atomic E-state index is 0.00688. The number of thiophene rings is 1. The first-order valence-electron chi connectivity index (χ1n) is 12.5. The minimum Gasteiger partial charge on any atom is -0.481 e. The van der Waals surface area contributed by atoms with E-state index in [-0.39, 0.29) is 42.5 Å². The zero-order chi connectivity index (χ0) is 29.3. The highest BCUT2D eigenvalue weighted by Crippen LogP contribution is 2.44. The molecule has 15 heteroatoms. The fraction of sp³-hybridized carbons (Fsp3) is 0.346. The Morgan fingerprint density at radius 1 is 1.29 bits per heavy atom. The van der Waals surface area contributed by atoms with Gasteiger partial charge in [-0.1, -0.05) is 11.2 Å². The number of thioether (sulfide) groups is 1. The van der Waals surface area contributed by atoms with Crippen LogP contribution in [0.3, 0.4) is 0 Å². The summed E-state index contributed by atoms with van der Waals surface area (Å²) in [5, 5.41) is 30.1. The topological polar surface area (TPSA) is 197 Å². The summed E-state index contributed by atoms with van der Waals surface area (Å²) < 4.78 is 0. The molecule has 5 N–H and O–H groups in total. The first-order valence-corrected chi connectivity index (χ1v) is 14.5. The van der Waals surface area contributed by atoms with Crippen LogP contribution in [-0.2, 0) is 30.4 Å². The van der Waals surface area contributed by atoms with Gasteiger partial charge in [0, 0.05) is 34.6 Å². The average Bonchev–Trinajstić information content (AvgIpc) is 3.43. The second-order valence-electron chi connectivity index (χ2n) is 9.94. The van der Waals surface area contributed by atoms with Crippen LogP contribution in [-0.4, -0.2) is 84.9 Å². The van der Waals surface area contributed by atoms with Gasteiger partial charge >= 0.3 is 11.9 Å². The van der Waals surface area contributed by atoms with Crippen molar-refractivity contribution in [3.63, 3.8) is 0 Å². The van der Waals surface area contributed by atoms with E-state index in [1.807, 2.05) is 16.8 Å². The molecule has 0 aromatic carbocycles. The first-order chi connectivity index (χ1) is 19.6. The molecule has 2 amide bonds. The number of pyridine rings is 2. The lowest BCUT2D eigenvalue weighted by Crippen LogP contribution is -2.74. The van der Waals surface area contributed by atoms with E-state index in [1.165, 1.54) is 47.1 Å². The zero-order valence-corrected chi connectivity index (χ0v) is 23.4. The van der Waals surface area contributed by atoms with Crippen molar-refractivity contribution in [2.75, 3.05) is 24.6 Å². The van der Waals surface area contributed by atoms with E-state index in [1.54, 1.807) is 12.3 Å². The highest BCUT2D eigenvalue weighted by molar-refractivity contribution is 8.00. The van der Waals surface area contributed by atoms with E-state index in [0.717, 1.165) is 16.5 Å². The number of nitrogens with two attached hydrogens (primary N) is 1. The number of carboxylic acid groups (broad SMARTS) is 2. The van der Waals surface area contributed by atoms with Crippen molar-refractivity contribution in [3.8, 4) is 0 Å². The van der Waals surface area contributed by atoms with E-state index in [4.69, 9.17) is 15.7 Å². The molecule has 5 heterocycles. The second kappa shape index (κ2) is 11.3. The van der Waals surface area contributed by atoms with Gasteiger partial charge in [0.25, 0.3) is 5.91 Å². The summed E-state index contributed by atoms with van der Waals surface area (Å²) in [6, 6.07) is 5.44. The van der Waals surface area contributed by atoms with E-state index in [0.29, 0.717) is 0 Å². The van der Waals surface area contributed by atoms with Crippen LogP contribution in [0.15, 0.2) is 46.4 Å². The summed E-state index contributed by atoms with van der Waals surface area (Å²) in [7, 11) is 0. The number of β-lactam (4-membered cyclic amide) rings is 1. The number of aliphatic carboxylic acids is 2. The van der Waals surface area contributed by atoms with Gasteiger partial charge in [-0.25, -0.2) is 4.98 Å². The highest BCUT2D eigenvalue weighted by atomic mass is 32.2. The fourth-order valence-corrected chi connectivity index (χ4v) is 7.00. The monoisotopic (exact) mass is 598 g/mol. The number of carboxylic acids is 2. The molecule has 41 heavy (non-hydrogen) atoms. The van der Waals surface area contributed by atoms with E-state index in [2.05, 4.69) is 20.4 Å². The molecule has 3 aromatic heterocycles. The van der Waals surface area contributed by atoms with Gasteiger partial charge in [0.15, 0.2) is 5.71 Å². The molecule has 4 atom stereocenters. The first kappa shape index (κ1) is 28.3. The standard InChI is InChI=1S/C26H26N6O7S2/c1-13(24(35)36)8-39-31-19(16-3-2-4-18(27)29-16)21(33)30-20-22(34)32-11-26(25(37)38,12-41-23(20)32)7-14-5-6-28-17-10-40-9-15(14)17/h2-6,9-10,13,20,23H,7-8,11-12H2,1H3,(H2,27,29)(H,30,33)(H,35,36)(H,37,38)/t13?,20?,23-,26?/m1/s1. The van der Waals surface area contributed by atoms with Crippen LogP contribution >= 0.6 is 23.1 Å². The summed E-state index contributed by atoms with van der Waals surface area (Å²) in [4.78, 5) is 65.1. The molecule has 2 saturated heterocycles. The maximum absolute atomic E-state index is 13.3. The van der Waals surface area contributed by atoms with Gasteiger partial charge in [-0.2, -0.15) is 0 Å². The number of aromatic nitrogens is 2. The SMILES string of the molecule is CC(CON=C(C(=O)NC1C(=O)N2CC(Cc3ccnc4cscc34)(C(=O)O)CS[C@H]12)c1cccc(N)n1)C(=O)O. The molecule has 214 valence electrons. The van der Waals surface area contributed by atoms with E-state index in [9.17, 15) is 24.3 Å². The zero-order valence-electron chi connectivity index (χ0n) is 21.7. The molecule has 3 aromatic rings. The molecule has 2 aliphatic heterocycles. The molecular formula is C26H26N6O7S2. The van der Waals surface area contributed by atoms with Crippen LogP contribution in [0.1, 0.15) is 18.2 Å². The molecule has 0 aliphatic carbocycles. The largest absolute Gasteiger partial charge is 0.481 e. The normalized spacial score (nSPS) is 22.9. The van der Waals surface area contributed by atoms with E-state index < -0.39 is 46.5 Å². The second-order valence-corrected chi connectivity index (χ2v) is 11.8. The molecule has 0 saturated carbocycles. The molecule has 3 unspecified atom stereocenters. The summed E-state index contributed by atoms with van der Waals surface area (Å²) in [6.07, 6.45) is 1.88. The predicted molar refractivity (Wildman–Crippen MR) is 151 cm³/mol. The third-order valence-corrected chi connectivity index (χ3v) is 9.34. The van der Waals surface area contributed by atoms with Gasteiger partial charge in [-0.05, 0) is 37.1 Å². The van der Waals surface area contributed by atoms with Crippen molar-refractivity contribution in [1.29, 1.82) is 0 Å². The quantitative estimate of drug-likeness (QED) is 0.150. The molecule has 13 nitrogen and oxygen atoms in total. The Labute approximate surface area is 241 Å². The maximum Gasteiger partial charge on any atom is 0.312 e. The average molecular weight is 599 g/mol. The van der Waals surface area contributed by atoms with Crippen LogP contribution in [0, 0.1) is 11.3 Å². The van der Waals surface area contributed by atoms with Crippen LogP contribution in [0.25, 0.3) is 10.9 Å². The maximum atomic E-state index is 13.3. The Kier molecular flexibility index (Phi) is 7.82. The molecule has 0 radical (unpaired) electrons. The van der Waals surface area contributed by atoms with Crippen LogP contribution < -0.4 is 11.1 Å². The summed E-state index contributed by atoms with van der Waals surface area (Å²) in [5.41, 5.74) is 5.99. The number of nitrogen functional groups attached to an aromatic ring is 1. The van der Waals surface area contributed by atoms with Crippen molar-refractivity contribution in [2.24, 2.45) is 16.5 Å². The number of rotatable bonds is 10. The number of hydrogen-bond donors (Lipinski definition) is 4. The van der Waals surface area contributed by atoms with Gasteiger partial charge < -0.3 is 31.0 Å². The third kappa shape index (κ3) is 5.54. The van der Waals surface area contributed by atoms with Gasteiger partial charge in [0.05, 0.1) is 16.8 Å². The molecule has 0 spiro atoms. The Morgan fingerprint density at radius 2 is 2.10 bits per heavy atom.